The Hall–Kier alpha value is -2.08. The summed E-state index contributed by atoms with van der Waals surface area (Å²) in [4.78, 5) is 15.1. The molecule has 1 aromatic heterocycles. The summed E-state index contributed by atoms with van der Waals surface area (Å²) in [5.41, 5.74) is 12.7. The third-order valence-electron chi connectivity index (χ3n) is 2.02. The highest BCUT2D eigenvalue weighted by Gasteiger charge is 2.17. The number of aromatic carboxylic acids is 1. The molecule has 2 aromatic rings. The fourth-order valence-corrected chi connectivity index (χ4v) is 2.01. The molecule has 0 aliphatic carbocycles. The maximum absolute atomic E-state index is 11.0. The van der Waals surface area contributed by atoms with E-state index < -0.39 is 5.97 Å². The van der Waals surface area contributed by atoms with E-state index in [1.54, 1.807) is 24.3 Å². The molecular weight excluding hydrogens is 226 g/mol. The third-order valence-corrected chi connectivity index (χ3v) is 2.89. The molecule has 0 radical (unpaired) electrons. The minimum Gasteiger partial charge on any atom is -0.477 e. The van der Waals surface area contributed by atoms with Crippen molar-refractivity contribution in [2.24, 2.45) is 0 Å². The first kappa shape index (κ1) is 10.4. The summed E-state index contributed by atoms with van der Waals surface area (Å²) in [6, 6.07) is 6.82. The number of nitrogens with zero attached hydrogens (tertiary/aromatic N) is 1. The smallest absolute Gasteiger partial charge is 0.348 e. The second-order valence-electron chi connectivity index (χ2n) is 3.16. The van der Waals surface area contributed by atoms with Gasteiger partial charge in [-0.2, -0.15) is 0 Å². The van der Waals surface area contributed by atoms with Gasteiger partial charge in [-0.25, -0.2) is 9.78 Å². The van der Waals surface area contributed by atoms with Crippen molar-refractivity contribution in [3.8, 4) is 11.3 Å². The lowest BCUT2D eigenvalue weighted by Crippen LogP contribution is -1.95. The molecular formula is C10H9N3O2S. The van der Waals surface area contributed by atoms with Crippen molar-refractivity contribution in [2.75, 3.05) is 11.5 Å². The van der Waals surface area contributed by atoms with Gasteiger partial charge in [0.15, 0.2) is 5.13 Å². The molecule has 0 unspecified atom stereocenters. The number of thiazole rings is 1. The lowest BCUT2D eigenvalue weighted by Gasteiger charge is -1.99. The SMILES string of the molecule is Nc1ccc(-c2nc(N)sc2C(=O)O)cc1. The minimum absolute atomic E-state index is 0.141. The molecule has 0 spiro atoms. The van der Waals surface area contributed by atoms with Crippen molar-refractivity contribution < 1.29 is 9.90 Å². The number of rotatable bonds is 2. The van der Waals surface area contributed by atoms with Gasteiger partial charge in [-0.3, -0.25) is 0 Å². The van der Waals surface area contributed by atoms with Crippen LogP contribution in [0.1, 0.15) is 9.67 Å². The Bertz CT molecular complexity index is 533. The van der Waals surface area contributed by atoms with Gasteiger partial charge in [0, 0.05) is 11.3 Å². The number of nitrogen functional groups attached to an aromatic ring is 2. The maximum Gasteiger partial charge on any atom is 0.348 e. The second kappa shape index (κ2) is 3.82. The number of aromatic nitrogens is 1. The largest absolute Gasteiger partial charge is 0.477 e. The molecule has 0 saturated carbocycles. The maximum atomic E-state index is 11.0. The highest BCUT2D eigenvalue weighted by atomic mass is 32.1. The number of carbonyl (C=O) groups is 1. The molecule has 0 atom stereocenters. The average molecular weight is 235 g/mol. The van der Waals surface area contributed by atoms with Crippen LogP contribution in [-0.2, 0) is 0 Å². The van der Waals surface area contributed by atoms with Gasteiger partial charge in [0.1, 0.15) is 4.88 Å². The number of anilines is 2. The van der Waals surface area contributed by atoms with Crippen LogP contribution in [0.25, 0.3) is 11.3 Å². The van der Waals surface area contributed by atoms with Crippen LogP contribution in [0.3, 0.4) is 0 Å². The van der Waals surface area contributed by atoms with Crippen molar-refractivity contribution >= 4 is 28.1 Å². The molecule has 0 saturated heterocycles. The minimum atomic E-state index is -1.03. The van der Waals surface area contributed by atoms with Crippen LogP contribution in [0, 0.1) is 0 Å². The summed E-state index contributed by atoms with van der Waals surface area (Å²) >= 11 is 0.957. The van der Waals surface area contributed by atoms with E-state index in [1.807, 2.05) is 0 Å². The van der Waals surface area contributed by atoms with Gasteiger partial charge >= 0.3 is 5.97 Å². The van der Waals surface area contributed by atoms with Crippen LogP contribution >= 0.6 is 11.3 Å². The molecule has 0 fully saturated rings. The standard InChI is InChI=1S/C10H9N3O2S/c11-6-3-1-5(2-4-6)7-8(9(14)15)16-10(12)13-7/h1-4H,11H2,(H2,12,13)(H,14,15). The second-order valence-corrected chi connectivity index (χ2v) is 4.19. The van der Waals surface area contributed by atoms with Crippen molar-refractivity contribution in [3.05, 3.63) is 29.1 Å². The van der Waals surface area contributed by atoms with Crippen molar-refractivity contribution in [2.45, 2.75) is 0 Å². The van der Waals surface area contributed by atoms with Crippen molar-refractivity contribution in [3.63, 3.8) is 0 Å². The zero-order valence-electron chi connectivity index (χ0n) is 8.18. The van der Waals surface area contributed by atoms with Gasteiger partial charge in [0.25, 0.3) is 0 Å². The summed E-state index contributed by atoms with van der Waals surface area (Å²) < 4.78 is 0. The highest BCUT2D eigenvalue weighted by molar-refractivity contribution is 7.17. The number of carboxylic acids is 1. The predicted molar refractivity (Wildman–Crippen MR) is 63.3 cm³/mol. The van der Waals surface area contributed by atoms with E-state index in [9.17, 15) is 4.79 Å². The predicted octanol–water partition coefficient (Wildman–Crippen LogP) is 1.67. The summed E-state index contributed by atoms with van der Waals surface area (Å²) in [5.74, 6) is -1.03. The number of carboxylic acid groups (broad SMARTS) is 1. The van der Waals surface area contributed by atoms with Crippen molar-refractivity contribution in [1.82, 2.24) is 4.98 Å². The molecule has 0 amide bonds. The zero-order chi connectivity index (χ0) is 11.7. The van der Waals surface area contributed by atoms with E-state index in [4.69, 9.17) is 16.6 Å². The summed E-state index contributed by atoms with van der Waals surface area (Å²) in [6.07, 6.45) is 0. The fourth-order valence-electron chi connectivity index (χ4n) is 1.32. The Labute approximate surface area is 95.3 Å². The van der Waals surface area contributed by atoms with Gasteiger partial charge in [0.05, 0.1) is 5.69 Å². The Kier molecular flexibility index (Phi) is 2.49. The first-order valence-corrected chi connectivity index (χ1v) is 5.25. The Morgan fingerprint density at radius 1 is 1.25 bits per heavy atom. The molecule has 16 heavy (non-hydrogen) atoms. The van der Waals surface area contributed by atoms with E-state index >= 15 is 0 Å². The van der Waals surface area contributed by atoms with Crippen molar-refractivity contribution in [1.29, 1.82) is 0 Å². The van der Waals surface area contributed by atoms with Gasteiger partial charge in [0.2, 0.25) is 0 Å². The van der Waals surface area contributed by atoms with Crippen LogP contribution in [0.2, 0.25) is 0 Å². The van der Waals surface area contributed by atoms with Crippen LogP contribution in [0.5, 0.6) is 0 Å². The first-order chi connectivity index (χ1) is 7.58. The van der Waals surface area contributed by atoms with Crippen LogP contribution in [0.15, 0.2) is 24.3 Å². The normalized spacial score (nSPS) is 10.2. The lowest BCUT2D eigenvalue weighted by molar-refractivity contribution is 0.0702. The average Bonchev–Trinajstić information content (AvgIpc) is 2.61. The molecule has 82 valence electrons. The van der Waals surface area contributed by atoms with Gasteiger partial charge < -0.3 is 16.6 Å². The van der Waals surface area contributed by atoms with Crippen LogP contribution in [0.4, 0.5) is 10.8 Å². The molecule has 5 nitrogen and oxygen atoms in total. The Balaban J connectivity index is 2.55. The number of hydrogen-bond donors (Lipinski definition) is 3. The van der Waals surface area contributed by atoms with E-state index in [1.165, 1.54) is 0 Å². The monoisotopic (exact) mass is 235 g/mol. The van der Waals surface area contributed by atoms with E-state index in [0.29, 0.717) is 16.9 Å². The number of benzene rings is 1. The van der Waals surface area contributed by atoms with Gasteiger partial charge in [-0.1, -0.05) is 23.5 Å². The Morgan fingerprint density at radius 2 is 1.88 bits per heavy atom. The molecule has 1 aromatic carbocycles. The van der Waals surface area contributed by atoms with Gasteiger partial charge in [-0.15, -0.1) is 0 Å². The molecule has 6 heteroatoms. The van der Waals surface area contributed by atoms with E-state index in [0.717, 1.165) is 11.3 Å². The summed E-state index contributed by atoms with van der Waals surface area (Å²) in [6.45, 7) is 0. The molecule has 1 heterocycles. The third kappa shape index (κ3) is 1.82. The highest BCUT2D eigenvalue weighted by Crippen LogP contribution is 2.29. The molecule has 5 N–H and O–H groups in total. The first-order valence-electron chi connectivity index (χ1n) is 4.43. The number of hydrogen-bond acceptors (Lipinski definition) is 5. The zero-order valence-corrected chi connectivity index (χ0v) is 8.99. The quantitative estimate of drug-likeness (QED) is 0.687. The molecule has 0 aliphatic heterocycles. The number of nitrogens with two attached hydrogens (primary N) is 2. The summed E-state index contributed by atoms with van der Waals surface area (Å²) in [5, 5.41) is 9.23. The molecule has 0 bridgehead atoms. The molecule has 0 aliphatic rings. The lowest BCUT2D eigenvalue weighted by atomic mass is 10.1. The van der Waals surface area contributed by atoms with Crippen LogP contribution in [-0.4, -0.2) is 16.1 Å². The van der Waals surface area contributed by atoms with E-state index in [-0.39, 0.29) is 10.0 Å². The van der Waals surface area contributed by atoms with Gasteiger partial charge in [-0.05, 0) is 12.1 Å². The molecule has 2 rings (SSSR count). The fraction of sp³-hybridized carbons (Fsp3) is 0. The van der Waals surface area contributed by atoms with E-state index in [2.05, 4.69) is 4.98 Å². The summed E-state index contributed by atoms with van der Waals surface area (Å²) in [7, 11) is 0. The Morgan fingerprint density at radius 3 is 2.44 bits per heavy atom. The topological polar surface area (TPSA) is 102 Å². The van der Waals surface area contributed by atoms with Crippen LogP contribution < -0.4 is 11.5 Å².